The van der Waals surface area contributed by atoms with Crippen LogP contribution in [0.5, 0.6) is 0 Å². The van der Waals surface area contributed by atoms with Crippen LogP contribution >= 0.6 is 11.8 Å². The number of aromatic nitrogens is 1. The van der Waals surface area contributed by atoms with Crippen LogP contribution in [0, 0.1) is 10.7 Å². The van der Waals surface area contributed by atoms with E-state index in [9.17, 15) is 4.79 Å². The van der Waals surface area contributed by atoms with Gasteiger partial charge in [-0.2, -0.15) is 5.26 Å². The molecule has 0 aromatic carbocycles. The number of pyridine rings is 1. The van der Waals surface area contributed by atoms with Gasteiger partial charge < -0.3 is 4.74 Å². The highest BCUT2D eigenvalue weighted by atomic mass is 32.2. The molecule has 0 fully saturated rings. The minimum atomic E-state index is -0.317. The number of nitrogens with zero attached hydrogens (tertiary/aromatic N) is 2. The lowest BCUT2D eigenvalue weighted by Gasteiger charge is -2.04. The molecule has 0 N–H and O–H groups in total. The molecule has 0 saturated carbocycles. The van der Waals surface area contributed by atoms with Crippen molar-refractivity contribution in [3.8, 4) is 5.40 Å². The van der Waals surface area contributed by atoms with Crippen molar-refractivity contribution >= 4 is 17.7 Å². The SMILES string of the molecule is N#CSCCCCCCOC(=O)c1cccnc1. The topological polar surface area (TPSA) is 63.0 Å². The number of carbonyl (C=O) groups excluding carboxylic acids is 1. The Morgan fingerprint density at radius 3 is 2.94 bits per heavy atom. The van der Waals surface area contributed by atoms with Crippen LogP contribution in [-0.4, -0.2) is 23.3 Å². The van der Waals surface area contributed by atoms with E-state index in [1.165, 1.54) is 18.0 Å². The second kappa shape index (κ2) is 9.49. The highest BCUT2D eigenvalue weighted by Gasteiger charge is 2.05. The van der Waals surface area contributed by atoms with Gasteiger partial charge in [0.25, 0.3) is 0 Å². The van der Waals surface area contributed by atoms with Gasteiger partial charge in [0, 0.05) is 18.1 Å². The summed E-state index contributed by atoms with van der Waals surface area (Å²) in [6, 6.07) is 3.40. The van der Waals surface area contributed by atoms with E-state index >= 15 is 0 Å². The van der Waals surface area contributed by atoms with Crippen LogP contribution in [-0.2, 0) is 4.74 Å². The first-order valence-electron chi connectivity index (χ1n) is 5.92. The molecule has 0 unspecified atom stereocenters. The van der Waals surface area contributed by atoms with Gasteiger partial charge in [-0.05, 0) is 36.7 Å². The minimum absolute atomic E-state index is 0.317. The minimum Gasteiger partial charge on any atom is -0.462 e. The van der Waals surface area contributed by atoms with Crippen LogP contribution in [0.3, 0.4) is 0 Å². The standard InChI is InChI=1S/C13H16N2O2S/c14-11-18-9-4-2-1-3-8-17-13(16)12-6-5-7-15-10-12/h5-7,10H,1-4,8-9H2. The van der Waals surface area contributed by atoms with Gasteiger partial charge in [-0.1, -0.05) is 12.8 Å². The molecule has 1 aromatic heterocycles. The van der Waals surface area contributed by atoms with Crippen LogP contribution < -0.4 is 0 Å². The fraction of sp³-hybridized carbons (Fsp3) is 0.462. The van der Waals surface area contributed by atoms with Crippen LogP contribution in [0.1, 0.15) is 36.0 Å². The zero-order valence-corrected chi connectivity index (χ0v) is 11.0. The lowest BCUT2D eigenvalue weighted by molar-refractivity contribution is 0.0497. The molecule has 96 valence electrons. The number of esters is 1. The molecule has 0 amide bonds. The van der Waals surface area contributed by atoms with E-state index in [-0.39, 0.29) is 5.97 Å². The largest absolute Gasteiger partial charge is 0.462 e. The van der Waals surface area contributed by atoms with Crippen molar-refractivity contribution < 1.29 is 9.53 Å². The molecule has 5 heteroatoms. The third-order valence-corrected chi connectivity index (χ3v) is 2.96. The second-order valence-electron chi connectivity index (χ2n) is 3.73. The van der Waals surface area contributed by atoms with E-state index in [0.29, 0.717) is 12.2 Å². The Kier molecular flexibility index (Phi) is 7.65. The van der Waals surface area contributed by atoms with Crippen molar-refractivity contribution in [1.29, 1.82) is 5.26 Å². The maximum Gasteiger partial charge on any atom is 0.339 e. The normalized spacial score (nSPS) is 9.72. The molecular formula is C13H16N2O2S. The predicted molar refractivity (Wildman–Crippen MR) is 71.1 cm³/mol. The molecule has 0 saturated heterocycles. The zero-order valence-electron chi connectivity index (χ0n) is 10.2. The van der Waals surface area contributed by atoms with Crippen molar-refractivity contribution in [1.82, 2.24) is 4.98 Å². The molecule has 0 spiro atoms. The molecule has 0 aliphatic heterocycles. The third-order valence-electron chi connectivity index (χ3n) is 2.34. The second-order valence-corrected chi connectivity index (χ2v) is 4.61. The van der Waals surface area contributed by atoms with E-state index in [2.05, 4.69) is 4.98 Å². The van der Waals surface area contributed by atoms with Gasteiger partial charge >= 0.3 is 5.97 Å². The van der Waals surface area contributed by atoms with E-state index in [0.717, 1.165) is 31.4 Å². The maximum atomic E-state index is 11.5. The van der Waals surface area contributed by atoms with Crippen molar-refractivity contribution in [3.63, 3.8) is 0 Å². The average molecular weight is 264 g/mol. The smallest absolute Gasteiger partial charge is 0.339 e. The number of rotatable bonds is 8. The van der Waals surface area contributed by atoms with Gasteiger partial charge in [0.05, 0.1) is 12.2 Å². The first-order chi connectivity index (χ1) is 8.84. The predicted octanol–water partition coefficient (Wildman–Crippen LogP) is 3.01. The van der Waals surface area contributed by atoms with Gasteiger partial charge in [-0.15, -0.1) is 0 Å². The molecule has 0 aliphatic rings. The molecule has 0 bridgehead atoms. The molecule has 4 nitrogen and oxygen atoms in total. The summed E-state index contributed by atoms with van der Waals surface area (Å²) in [5.74, 6) is 0.564. The summed E-state index contributed by atoms with van der Waals surface area (Å²) < 4.78 is 5.12. The number of hydrogen-bond donors (Lipinski definition) is 0. The summed E-state index contributed by atoms with van der Waals surface area (Å²) in [5.41, 5.74) is 0.489. The molecule has 1 rings (SSSR count). The van der Waals surface area contributed by atoms with Crippen LogP contribution in [0.25, 0.3) is 0 Å². The number of thioether (sulfide) groups is 1. The number of carbonyl (C=O) groups is 1. The Morgan fingerprint density at radius 1 is 1.39 bits per heavy atom. The van der Waals surface area contributed by atoms with Crippen molar-refractivity contribution in [2.75, 3.05) is 12.4 Å². The molecule has 0 atom stereocenters. The zero-order chi connectivity index (χ0) is 13.1. The van der Waals surface area contributed by atoms with Crippen molar-refractivity contribution in [3.05, 3.63) is 30.1 Å². The van der Waals surface area contributed by atoms with Crippen LogP contribution in [0.15, 0.2) is 24.5 Å². The number of ether oxygens (including phenoxy) is 1. The summed E-state index contributed by atoms with van der Waals surface area (Å²) in [7, 11) is 0. The van der Waals surface area contributed by atoms with Crippen LogP contribution in [0.4, 0.5) is 0 Å². The summed E-state index contributed by atoms with van der Waals surface area (Å²) in [5, 5.41) is 10.4. The highest BCUT2D eigenvalue weighted by Crippen LogP contribution is 2.07. The molecule has 0 aliphatic carbocycles. The van der Waals surface area contributed by atoms with Crippen molar-refractivity contribution in [2.45, 2.75) is 25.7 Å². The molecule has 1 aromatic rings. The van der Waals surface area contributed by atoms with Gasteiger partial charge in [0.15, 0.2) is 0 Å². The summed E-state index contributed by atoms with van der Waals surface area (Å²) in [4.78, 5) is 15.4. The third kappa shape index (κ3) is 6.26. The molecular weight excluding hydrogens is 248 g/mol. The van der Waals surface area contributed by atoms with Gasteiger partial charge in [-0.25, -0.2) is 4.79 Å². The quantitative estimate of drug-likeness (QED) is 0.410. The monoisotopic (exact) mass is 264 g/mol. The van der Waals surface area contributed by atoms with Gasteiger partial charge in [0.1, 0.15) is 5.40 Å². The Hall–Kier alpha value is -1.54. The number of unbranched alkanes of at least 4 members (excludes halogenated alkanes) is 3. The molecule has 1 heterocycles. The number of nitriles is 1. The van der Waals surface area contributed by atoms with E-state index < -0.39 is 0 Å². The Morgan fingerprint density at radius 2 is 2.22 bits per heavy atom. The Balaban J connectivity index is 2.02. The van der Waals surface area contributed by atoms with Crippen LogP contribution in [0.2, 0.25) is 0 Å². The Labute approximate surface area is 111 Å². The number of hydrogen-bond acceptors (Lipinski definition) is 5. The summed E-state index contributed by atoms with van der Waals surface area (Å²) >= 11 is 1.29. The lowest BCUT2D eigenvalue weighted by Crippen LogP contribution is -2.06. The first kappa shape index (κ1) is 14.5. The van der Waals surface area contributed by atoms with E-state index in [1.807, 2.05) is 5.40 Å². The molecule has 18 heavy (non-hydrogen) atoms. The van der Waals surface area contributed by atoms with Crippen molar-refractivity contribution in [2.24, 2.45) is 0 Å². The highest BCUT2D eigenvalue weighted by molar-refractivity contribution is 8.03. The van der Waals surface area contributed by atoms with E-state index in [1.54, 1.807) is 18.3 Å². The lowest BCUT2D eigenvalue weighted by atomic mass is 10.2. The fourth-order valence-electron chi connectivity index (χ4n) is 1.41. The molecule has 0 radical (unpaired) electrons. The first-order valence-corrected chi connectivity index (χ1v) is 6.91. The maximum absolute atomic E-state index is 11.5. The van der Waals surface area contributed by atoms with Gasteiger partial charge in [-0.3, -0.25) is 4.98 Å². The average Bonchev–Trinajstić information content (AvgIpc) is 2.42. The fourth-order valence-corrected chi connectivity index (χ4v) is 1.85. The summed E-state index contributed by atoms with van der Waals surface area (Å²) in [6.45, 7) is 0.444. The van der Waals surface area contributed by atoms with Gasteiger partial charge in [0.2, 0.25) is 0 Å². The number of thiocyanates is 1. The Bertz CT molecular complexity index is 390. The summed E-state index contributed by atoms with van der Waals surface area (Å²) in [6.07, 6.45) is 7.11. The van der Waals surface area contributed by atoms with E-state index in [4.69, 9.17) is 10.00 Å².